The van der Waals surface area contributed by atoms with Gasteiger partial charge in [0, 0.05) is 6.04 Å². The second-order valence-corrected chi connectivity index (χ2v) is 6.47. The van der Waals surface area contributed by atoms with Gasteiger partial charge in [-0.25, -0.2) is 0 Å². The maximum Gasteiger partial charge on any atom is 0.106 e. The summed E-state index contributed by atoms with van der Waals surface area (Å²) in [7, 11) is 0. The Morgan fingerprint density at radius 1 is 1.35 bits per heavy atom. The zero-order chi connectivity index (χ0) is 15.0. The first-order valence-corrected chi connectivity index (χ1v) is 8.49. The van der Waals surface area contributed by atoms with Crippen molar-refractivity contribution in [2.75, 3.05) is 19.6 Å². The Morgan fingerprint density at radius 3 is 2.70 bits per heavy atom. The van der Waals surface area contributed by atoms with Gasteiger partial charge in [0.05, 0.1) is 6.07 Å². The third kappa shape index (κ3) is 4.75. The zero-order valence-electron chi connectivity index (χ0n) is 13.9. The molecule has 0 aromatic heterocycles. The van der Waals surface area contributed by atoms with E-state index in [-0.39, 0.29) is 5.54 Å². The van der Waals surface area contributed by atoms with E-state index in [2.05, 4.69) is 44.0 Å². The summed E-state index contributed by atoms with van der Waals surface area (Å²) < 4.78 is 0. The standard InChI is InChI=1S/C17H33N3/c1-5-11-19-17(6-2,14-18)10-8-13-20-12-7-9-15(3)16(20)4/h15-16,19H,5-13H2,1-4H3. The quantitative estimate of drug-likeness (QED) is 0.738. The van der Waals surface area contributed by atoms with Crippen LogP contribution in [0.1, 0.15) is 66.2 Å². The molecular formula is C17H33N3. The van der Waals surface area contributed by atoms with Crippen molar-refractivity contribution in [3.8, 4) is 6.07 Å². The van der Waals surface area contributed by atoms with Crippen LogP contribution in [0, 0.1) is 17.2 Å². The van der Waals surface area contributed by atoms with Crippen molar-refractivity contribution in [3.05, 3.63) is 0 Å². The fraction of sp³-hybridized carbons (Fsp3) is 0.941. The van der Waals surface area contributed by atoms with E-state index in [1.165, 1.54) is 19.4 Å². The Kier molecular flexibility index (Phi) is 7.55. The van der Waals surface area contributed by atoms with E-state index in [4.69, 9.17) is 0 Å². The molecule has 1 aliphatic rings. The predicted molar refractivity (Wildman–Crippen MR) is 85.6 cm³/mol. The number of hydrogen-bond acceptors (Lipinski definition) is 3. The summed E-state index contributed by atoms with van der Waals surface area (Å²) in [6.45, 7) is 12.3. The molecule has 3 atom stereocenters. The molecule has 3 unspecified atom stereocenters. The molecule has 20 heavy (non-hydrogen) atoms. The molecule has 0 aliphatic carbocycles. The lowest BCUT2D eigenvalue weighted by Crippen LogP contribution is -2.46. The van der Waals surface area contributed by atoms with Crippen LogP contribution in [0.3, 0.4) is 0 Å². The van der Waals surface area contributed by atoms with Gasteiger partial charge in [-0.3, -0.25) is 5.32 Å². The van der Waals surface area contributed by atoms with Crippen LogP contribution >= 0.6 is 0 Å². The molecule has 0 aromatic carbocycles. The van der Waals surface area contributed by atoms with Gasteiger partial charge in [0.15, 0.2) is 0 Å². The minimum atomic E-state index is -0.305. The third-order valence-electron chi connectivity index (χ3n) is 5.08. The van der Waals surface area contributed by atoms with E-state index < -0.39 is 0 Å². The highest BCUT2D eigenvalue weighted by Gasteiger charge is 2.28. The van der Waals surface area contributed by atoms with Crippen molar-refractivity contribution in [1.82, 2.24) is 10.2 Å². The summed E-state index contributed by atoms with van der Waals surface area (Å²) >= 11 is 0. The molecule has 0 spiro atoms. The minimum absolute atomic E-state index is 0.305. The number of nitrogens with zero attached hydrogens (tertiary/aromatic N) is 2. The Hall–Kier alpha value is -0.590. The molecule has 1 heterocycles. The average molecular weight is 279 g/mol. The number of nitrogens with one attached hydrogen (secondary N) is 1. The second kappa shape index (κ2) is 8.64. The number of rotatable bonds is 8. The Morgan fingerprint density at radius 2 is 2.10 bits per heavy atom. The molecule has 1 aliphatic heterocycles. The predicted octanol–water partition coefficient (Wildman–Crippen LogP) is 3.56. The minimum Gasteiger partial charge on any atom is -0.300 e. The zero-order valence-corrected chi connectivity index (χ0v) is 13.9. The first kappa shape index (κ1) is 17.5. The SMILES string of the molecule is CCCNC(C#N)(CC)CCCN1CCCC(C)C1C. The summed E-state index contributed by atoms with van der Waals surface area (Å²) in [5, 5.41) is 13.0. The largest absolute Gasteiger partial charge is 0.300 e. The fourth-order valence-corrected chi connectivity index (χ4v) is 3.25. The van der Waals surface area contributed by atoms with Gasteiger partial charge < -0.3 is 4.90 Å². The molecule has 0 saturated carbocycles. The van der Waals surface area contributed by atoms with Crippen molar-refractivity contribution < 1.29 is 0 Å². The number of hydrogen-bond donors (Lipinski definition) is 1. The molecule has 0 bridgehead atoms. The van der Waals surface area contributed by atoms with Crippen molar-refractivity contribution in [3.63, 3.8) is 0 Å². The molecule has 0 aromatic rings. The van der Waals surface area contributed by atoms with E-state index in [0.29, 0.717) is 6.04 Å². The molecule has 1 saturated heterocycles. The maximum atomic E-state index is 9.51. The van der Waals surface area contributed by atoms with Crippen LogP contribution in [0.5, 0.6) is 0 Å². The van der Waals surface area contributed by atoms with E-state index in [0.717, 1.165) is 44.7 Å². The van der Waals surface area contributed by atoms with Gasteiger partial charge >= 0.3 is 0 Å². The van der Waals surface area contributed by atoms with Crippen LogP contribution in [0.4, 0.5) is 0 Å². The molecule has 0 amide bonds. The van der Waals surface area contributed by atoms with Crippen molar-refractivity contribution in [2.45, 2.75) is 77.8 Å². The molecule has 0 radical (unpaired) electrons. The maximum absolute atomic E-state index is 9.51. The van der Waals surface area contributed by atoms with Gasteiger partial charge in [-0.2, -0.15) is 5.26 Å². The first-order chi connectivity index (χ1) is 9.58. The van der Waals surface area contributed by atoms with Gasteiger partial charge in [0.25, 0.3) is 0 Å². The summed E-state index contributed by atoms with van der Waals surface area (Å²) in [5.74, 6) is 0.814. The normalized spacial score (nSPS) is 26.9. The van der Waals surface area contributed by atoms with Crippen LogP contribution < -0.4 is 5.32 Å². The highest BCUT2D eigenvalue weighted by Crippen LogP contribution is 2.24. The molecule has 1 rings (SSSR count). The molecule has 1 fully saturated rings. The second-order valence-electron chi connectivity index (χ2n) is 6.47. The van der Waals surface area contributed by atoms with Gasteiger partial charge in [-0.15, -0.1) is 0 Å². The number of piperidine rings is 1. The summed E-state index contributed by atoms with van der Waals surface area (Å²) in [6.07, 6.45) is 6.77. The van der Waals surface area contributed by atoms with Crippen LogP contribution in [0.15, 0.2) is 0 Å². The number of nitriles is 1. The van der Waals surface area contributed by atoms with Crippen LogP contribution in [-0.4, -0.2) is 36.1 Å². The Balaban J connectivity index is 2.42. The lowest BCUT2D eigenvalue weighted by molar-refractivity contribution is 0.109. The van der Waals surface area contributed by atoms with Crippen molar-refractivity contribution in [2.24, 2.45) is 5.92 Å². The molecule has 1 N–H and O–H groups in total. The highest BCUT2D eigenvalue weighted by molar-refractivity contribution is 5.06. The molecule has 3 nitrogen and oxygen atoms in total. The summed E-state index contributed by atoms with van der Waals surface area (Å²) in [4.78, 5) is 2.62. The van der Waals surface area contributed by atoms with E-state index >= 15 is 0 Å². The lowest BCUT2D eigenvalue weighted by Gasteiger charge is -2.38. The van der Waals surface area contributed by atoms with Gasteiger partial charge in [0.2, 0.25) is 0 Å². The van der Waals surface area contributed by atoms with Gasteiger partial charge in [-0.1, -0.05) is 20.8 Å². The Labute approximate surface area is 125 Å². The summed E-state index contributed by atoms with van der Waals surface area (Å²) in [6, 6.07) is 3.23. The van der Waals surface area contributed by atoms with E-state index in [9.17, 15) is 5.26 Å². The lowest BCUT2D eigenvalue weighted by atomic mass is 9.89. The summed E-state index contributed by atoms with van der Waals surface area (Å²) in [5.41, 5.74) is -0.305. The molecule has 3 heteroatoms. The van der Waals surface area contributed by atoms with Crippen molar-refractivity contribution in [1.29, 1.82) is 5.26 Å². The topological polar surface area (TPSA) is 39.1 Å². The Bertz CT molecular complexity index is 310. The van der Waals surface area contributed by atoms with Gasteiger partial charge in [0.1, 0.15) is 5.54 Å². The molecule has 116 valence electrons. The average Bonchev–Trinajstić information content (AvgIpc) is 2.47. The number of likely N-dealkylation sites (tertiary alicyclic amines) is 1. The molecular weight excluding hydrogens is 246 g/mol. The van der Waals surface area contributed by atoms with Gasteiger partial charge in [-0.05, 0) is 71.0 Å². The van der Waals surface area contributed by atoms with Crippen LogP contribution in [-0.2, 0) is 0 Å². The fourth-order valence-electron chi connectivity index (χ4n) is 3.25. The highest BCUT2D eigenvalue weighted by atomic mass is 15.2. The third-order valence-corrected chi connectivity index (χ3v) is 5.08. The smallest absolute Gasteiger partial charge is 0.106 e. The van der Waals surface area contributed by atoms with Crippen LogP contribution in [0.2, 0.25) is 0 Å². The van der Waals surface area contributed by atoms with Crippen molar-refractivity contribution >= 4 is 0 Å². The van der Waals surface area contributed by atoms with E-state index in [1.807, 2.05) is 0 Å². The first-order valence-electron chi connectivity index (χ1n) is 8.49. The van der Waals surface area contributed by atoms with E-state index in [1.54, 1.807) is 0 Å². The van der Waals surface area contributed by atoms with Crippen LogP contribution in [0.25, 0.3) is 0 Å². The monoisotopic (exact) mass is 279 g/mol.